The van der Waals surface area contributed by atoms with Crippen molar-refractivity contribution in [1.29, 1.82) is 0 Å². The Labute approximate surface area is 129 Å². The van der Waals surface area contributed by atoms with E-state index in [2.05, 4.69) is 11.7 Å². The summed E-state index contributed by atoms with van der Waals surface area (Å²) in [5.74, 6) is 0.0524. The molecule has 0 aromatic rings. The molecule has 0 N–H and O–H groups in total. The molecule has 22 heavy (non-hydrogen) atoms. The molecule has 0 bridgehead atoms. The molecule has 0 aromatic heterocycles. The van der Waals surface area contributed by atoms with Gasteiger partial charge in [-0.1, -0.05) is 36.0 Å². The van der Waals surface area contributed by atoms with E-state index in [0.717, 1.165) is 6.41 Å². The summed E-state index contributed by atoms with van der Waals surface area (Å²) in [4.78, 5) is 17.2. The Kier molecular flexibility index (Phi) is 8.10. The molecule has 1 fully saturated rings. The number of nitrogens with zero attached hydrogens (tertiary/aromatic N) is 2. The number of hydrogen-bond donors (Lipinski definition) is 0. The minimum atomic E-state index is -2.56. The molecule has 0 unspecified atom stereocenters. The first-order valence-corrected chi connectivity index (χ1v) is 7.24. The molecule has 1 saturated heterocycles. The number of amides is 1. The molecule has 1 aliphatic rings. The standard InChI is InChI=1S/C16H22F2N2O2/c1-3-4-5-6-13(2)16(19-22-11-15(17)18)14-7-9-20(12-21)10-8-14/h3-6,12,14-15H,2,7-11H2,1H3/b4-3-,6-5-,19-16+. The predicted octanol–water partition coefficient (Wildman–Crippen LogP) is 3.18. The zero-order valence-electron chi connectivity index (χ0n) is 12.8. The van der Waals surface area contributed by atoms with Crippen molar-refractivity contribution in [2.75, 3.05) is 19.7 Å². The summed E-state index contributed by atoms with van der Waals surface area (Å²) < 4.78 is 24.4. The van der Waals surface area contributed by atoms with Crippen LogP contribution < -0.4 is 0 Å². The highest BCUT2D eigenvalue weighted by molar-refractivity contribution is 6.03. The van der Waals surface area contributed by atoms with Crippen molar-refractivity contribution in [3.8, 4) is 0 Å². The summed E-state index contributed by atoms with van der Waals surface area (Å²) in [5.41, 5.74) is 1.21. The Morgan fingerprint density at radius 2 is 2.09 bits per heavy atom. The van der Waals surface area contributed by atoms with Gasteiger partial charge in [-0.15, -0.1) is 0 Å². The van der Waals surface area contributed by atoms with Gasteiger partial charge in [-0.25, -0.2) is 8.78 Å². The molecule has 1 aliphatic heterocycles. The van der Waals surface area contributed by atoms with Gasteiger partial charge < -0.3 is 9.74 Å². The fourth-order valence-electron chi connectivity index (χ4n) is 2.21. The number of piperidine rings is 1. The van der Waals surface area contributed by atoms with E-state index < -0.39 is 13.0 Å². The first kappa shape index (κ1) is 18.1. The molecule has 0 aliphatic carbocycles. The molecule has 1 rings (SSSR count). The van der Waals surface area contributed by atoms with Crippen molar-refractivity contribution in [2.45, 2.75) is 26.2 Å². The maximum atomic E-state index is 12.2. The number of hydrogen-bond acceptors (Lipinski definition) is 3. The van der Waals surface area contributed by atoms with E-state index in [9.17, 15) is 13.6 Å². The van der Waals surface area contributed by atoms with E-state index in [1.54, 1.807) is 11.0 Å². The highest BCUT2D eigenvalue weighted by atomic mass is 19.3. The van der Waals surface area contributed by atoms with Crippen LogP contribution in [0.4, 0.5) is 8.78 Å². The van der Waals surface area contributed by atoms with Crippen LogP contribution in [0.5, 0.6) is 0 Å². The number of allylic oxidation sites excluding steroid dienone is 5. The van der Waals surface area contributed by atoms with Gasteiger partial charge in [0.2, 0.25) is 6.41 Å². The van der Waals surface area contributed by atoms with E-state index in [0.29, 0.717) is 37.2 Å². The number of oxime groups is 1. The molecule has 6 heteroatoms. The molecule has 0 aromatic carbocycles. The van der Waals surface area contributed by atoms with E-state index in [-0.39, 0.29) is 5.92 Å². The van der Waals surface area contributed by atoms with Crippen LogP contribution in [0.1, 0.15) is 19.8 Å². The summed E-state index contributed by atoms with van der Waals surface area (Å²) >= 11 is 0. The maximum Gasteiger partial charge on any atom is 0.274 e. The average Bonchev–Trinajstić information content (AvgIpc) is 2.51. The lowest BCUT2D eigenvalue weighted by Gasteiger charge is -2.29. The third kappa shape index (κ3) is 6.20. The molecular weight excluding hydrogens is 290 g/mol. The topological polar surface area (TPSA) is 41.9 Å². The number of rotatable bonds is 8. The highest BCUT2D eigenvalue weighted by Crippen LogP contribution is 2.22. The Morgan fingerprint density at radius 1 is 1.41 bits per heavy atom. The van der Waals surface area contributed by atoms with Crippen LogP contribution in [-0.2, 0) is 9.63 Å². The van der Waals surface area contributed by atoms with E-state index in [1.165, 1.54) is 0 Å². The van der Waals surface area contributed by atoms with Crippen LogP contribution in [0.3, 0.4) is 0 Å². The molecule has 0 spiro atoms. The van der Waals surface area contributed by atoms with Crippen LogP contribution in [0.25, 0.3) is 0 Å². The van der Waals surface area contributed by atoms with Crippen molar-refractivity contribution in [1.82, 2.24) is 4.90 Å². The Hall–Kier alpha value is -1.98. The van der Waals surface area contributed by atoms with E-state index in [1.807, 2.05) is 25.2 Å². The van der Waals surface area contributed by atoms with Gasteiger partial charge in [0.05, 0.1) is 5.71 Å². The fraction of sp³-hybridized carbons (Fsp3) is 0.500. The maximum absolute atomic E-state index is 12.2. The van der Waals surface area contributed by atoms with Gasteiger partial charge in [-0.05, 0) is 25.3 Å². The lowest BCUT2D eigenvalue weighted by molar-refractivity contribution is -0.119. The van der Waals surface area contributed by atoms with Crippen LogP contribution in [0.15, 0.2) is 41.6 Å². The second-order valence-corrected chi connectivity index (χ2v) is 4.99. The minimum absolute atomic E-state index is 0.0524. The number of carbonyl (C=O) groups is 1. The minimum Gasteiger partial charge on any atom is -0.389 e. The molecule has 0 saturated carbocycles. The average molecular weight is 312 g/mol. The Balaban J connectivity index is 2.77. The third-order valence-corrected chi connectivity index (χ3v) is 3.36. The van der Waals surface area contributed by atoms with Crippen LogP contribution in [0, 0.1) is 5.92 Å². The fourth-order valence-corrected chi connectivity index (χ4v) is 2.21. The first-order chi connectivity index (χ1) is 10.6. The zero-order chi connectivity index (χ0) is 16.4. The second kappa shape index (κ2) is 9.87. The lowest BCUT2D eigenvalue weighted by atomic mass is 9.88. The quantitative estimate of drug-likeness (QED) is 0.299. The van der Waals surface area contributed by atoms with Crippen LogP contribution in [-0.4, -0.2) is 43.1 Å². The normalized spacial score (nSPS) is 17.6. The van der Waals surface area contributed by atoms with Crippen molar-refractivity contribution in [2.24, 2.45) is 11.1 Å². The lowest BCUT2D eigenvalue weighted by Crippen LogP contribution is -2.35. The van der Waals surface area contributed by atoms with Crippen LogP contribution in [0.2, 0.25) is 0 Å². The van der Waals surface area contributed by atoms with Crippen molar-refractivity contribution < 1.29 is 18.4 Å². The predicted molar refractivity (Wildman–Crippen MR) is 82.8 cm³/mol. The number of alkyl halides is 2. The molecule has 0 atom stereocenters. The Bertz CT molecular complexity index is 451. The van der Waals surface area contributed by atoms with Crippen LogP contribution >= 0.6 is 0 Å². The van der Waals surface area contributed by atoms with Gasteiger partial charge in [-0.2, -0.15) is 0 Å². The monoisotopic (exact) mass is 312 g/mol. The van der Waals surface area contributed by atoms with Crippen molar-refractivity contribution >= 4 is 12.1 Å². The molecule has 1 amide bonds. The third-order valence-electron chi connectivity index (χ3n) is 3.36. The van der Waals surface area contributed by atoms with Gasteiger partial charge in [-0.3, -0.25) is 4.79 Å². The SMILES string of the molecule is C=C(/C=C\C=C/C)/C(=N\OCC(F)F)C1CCN(C=O)CC1. The van der Waals surface area contributed by atoms with Crippen molar-refractivity contribution in [3.05, 3.63) is 36.5 Å². The van der Waals surface area contributed by atoms with Gasteiger partial charge in [0, 0.05) is 19.0 Å². The molecule has 0 radical (unpaired) electrons. The van der Waals surface area contributed by atoms with E-state index in [4.69, 9.17) is 4.84 Å². The van der Waals surface area contributed by atoms with E-state index >= 15 is 0 Å². The Morgan fingerprint density at radius 3 is 2.64 bits per heavy atom. The number of halogens is 2. The second-order valence-electron chi connectivity index (χ2n) is 4.99. The first-order valence-electron chi connectivity index (χ1n) is 7.24. The largest absolute Gasteiger partial charge is 0.389 e. The summed E-state index contributed by atoms with van der Waals surface area (Å²) in [6, 6.07) is 0. The molecule has 1 heterocycles. The summed E-state index contributed by atoms with van der Waals surface area (Å²) in [6.45, 7) is 6.33. The van der Waals surface area contributed by atoms with Gasteiger partial charge >= 0.3 is 0 Å². The molecule has 4 nitrogen and oxygen atoms in total. The highest BCUT2D eigenvalue weighted by Gasteiger charge is 2.24. The van der Waals surface area contributed by atoms with Gasteiger partial charge in [0.1, 0.15) is 0 Å². The zero-order valence-corrected chi connectivity index (χ0v) is 12.8. The van der Waals surface area contributed by atoms with Gasteiger partial charge in [0.15, 0.2) is 6.61 Å². The van der Waals surface area contributed by atoms with Crippen molar-refractivity contribution in [3.63, 3.8) is 0 Å². The summed E-state index contributed by atoms with van der Waals surface area (Å²) in [6.07, 6.45) is 6.99. The number of carbonyl (C=O) groups excluding carboxylic acids is 1. The summed E-state index contributed by atoms with van der Waals surface area (Å²) in [5, 5.41) is 3.87. The van der Waals surface area contributed by atoms with Gasteiger partial charge in [0.25, 0.3) is 6.43 Å². The molecule has 122 valence electrons. The number of likely N-dealkylation sites (tertiary alicyclic amines) is 1. The smallest absolute Gasteiger partial charge is 0.274 e. The summed E-state index contributed by atoms with van der Waals surface area (Å²) in [7, 11) is 0. The molecular formula is C16H22F2N2O2.